The second-order valence-corrected chi connectivity index (χ2v) is 8.83. The molecule has 1 unspecified atom stereocenters. The van der Waals surface area contributed by atoms with E-state index >= 15 is 0 Å². The highest BCUT2D eigenvalue weighted by Crippen LogP contribution is 2.39. The van der Waals surface area contributed by atoms with E-state index in [1.54, 1.807) is 24.3 Å². The zero-order valence-corrected chi connectivity index (χ0v) is 18.4. The van der Waals surface area contributed by atoms with Crippen LogP contribution in [0.25, 0.3) is 0 Å². The molecule has 3 rings (SSSR count). The van der Waals surface area contributed by atoms with Crippen molar-refractivity contribution < 1.29 is 8.76 Å². The second-order valence-electron chi connectivity index (χ2n) is 6.72. The van der Waals surface area contributed by atoms with Gasteiger partial charge in [0.2, 0.25) is 0 Å². The first-order chi connectivity index (χ1) is 13.9. The highest BCUT2D eigenvalue weighted by molar-refractivity contribution is 7.77. The average molecular weight is 473 g/mol. The van der Waals surface area contributed by atoms with Crippen LogP contribution in [0.15, 0.2) is 48.5 Å². The molecule has 6 nitrogen and oxygen atoms in total. The minimum atomic E-state index is -2.79. The Morgan fingerprint density at radius 2 is 1.69 bits per heavy atom. The smallest absolute Gasteiger partial charge is 0.147 e. The average Bonchev–Trinajstić information content (AvgIpc) is 2.72. The van der Waals surface area contributed by atoms with Gasteiger partial charge in [0.25, 0.3) is 0 Å². The number of nitrogens with zero attached hydrogens (tertiary/aromatic N) is 4. The molecule has 1 saturated heterocycles. The molecule has 1 aliphatic rings. The second kappa shape index (κ2) is 9.63. The van der Waals surface area contributed by atoms with Crippen molar-refractivity contribution in [1.82, 2.24) is 8.83 Å². The number of piperidine rings is 1. The summed E-state index contributed by atoms with van der Waals surface area (Å²) in [4.78, 5) is 2.17. The van der Waals surface area contributed by atoms with E-state index in [0.717, 1.165) is 5.56 Å². The van der Waals surface area contributed by atoms with E-state index in [9.17, 15) is 14.0 Å². The lowest BCUT2D eigenvalue weighted by Gasteiger charge is -2.47. The molecule has 154 valence electrons. The van der Waals surface area contributed by atoms with E-state index in [0.29, 0.717) is 52.1 Å². The summed E-state index contributed by atoms with van der Waals surface area (Å²) < 4.78 is 23.8. The monoisotopic (exact) mass is 471 g/mol. The number of nitriles is 1. The maximum atomic E-state index is 11.6. The molecule has 0 amide bonds. The van der Waals surface area contributed by atoms with Crippen molar-refractivity contribution >= 4 is 51.9 Å². The Morgan fingerprint density at radius 1 is 1.10 bits per heavy atom. The molecule has 0 spiro atoms. The normalized spacial score (nSPS) is 17.7. The molecule has 0 aliphatic carbocycles. The van der Waals surface area contributed by atoms with Crippen LogP contribution in [0, 0.1) is 11.3 Å². The first-order valence-electron chi connectivity index (χ1n) is 8.85. The summed E-state index contributed by atoms with van der Waals surface area (Å²) in [5.41, 5.74) is 0.194. The van der Waals surface area contributed by atoms with Gasteiger partial charge in [-0.25, -0.2) is 0 Å². The summed E-state index contributed by atoms with van der Waals surface area (Å²) in [7, 11) is 0. The summed E-state index contributed by atoms with van der Waals surface area (Å²) in [5.74, 6) is 0. The van der Waals surface area contributed by atoms with Gasteiger partial charge in [-0.1, -0.05) is 57.5 Å². The summed E-state index contributed by atoms with van der Waals surface area (Å²) in [6, 6.07) is 16.6. The lowest BCUT2D eigenvalue weighted by molar-refractivity contribution is 0.164. The van der Waals surface area contributed by atoms with Crippen LogP contribution in [0.5, 0.6) is 0 Å². The molecule has 2 aromatic carbocycles. The lowest BCUT2D eigenvalue weighted by atomic mass is 9.87. The van der Waals surface area contributed by atoms with Gasteiger partial charge in [-0.05, 0) is 36.6 Å². The molecular weight excluding hydrogens is 455 g/mol. The van der Waals surface area contributed by atoms with Crippen LogP contribution < -0.4 is 5.01 Å². The molecular formula is C19H18Cl3N4O2S-. The highest BCUT2D eigenvalue weighted by atomic mass is 35.5. The molecule has 0 N–H and O–H groups in total. The third-order valence-electron chi connectivity index (χ3n) is 5.01. The zero-order valence-electron chi connectivity index (χ0n) is 15.3. The molecule has 2 aromatic rings. The van der Waals surface area contributed by atoms with Crippen LogP contribution in [0.4, 0.5) is 5.69 Å². The third kappa shape index (κ3) is 4.86. The van der Waals surface area contributed by atoms with Crippen LogP contribution in [0.3, 0.4) is 0 Å². The number of anilines is 1. The Labute approximate surface area is 187 Å². The van der Waals surface area contributed by atoms with E-state index < -0.39 is 16.8 Å². The van der Waals surface area contributed by atoms with Gasteiger partial charge in [0.05, 0.1) is 28.0 Å². The largest absolute Gasteiger partial charge is 0.757 e. The van der Waals surface area contributed by atoms with E-state index in [1.165, 1.54) is 5.01 Å². The first-order valence-corrected chi connectivity index (χ1v) is 11.0. The van der Waals surface area contributed by atoms with Crippen LogP contribution in [0.1, 0.15) is 18.4 Å². The lowest BCUT2D eigenvalue weighted by Crippen LogP contribution is -2.59. The molecule has 0 radical (unpaired) electrons. The predicted octanol–water partition coefficient (Wildman–Crippen LogP) is 4.52. The van der Waals surface area contributed by atoms with Crippen molar-refractivity contribution in [3.05, 3.63) is 64.1 Å². The molecule has 29 heavy (non-hydrogen) atoms. The van der Waals surface area contributed by atoms with Gasteiger partial charge in [0, 0.05) is 36.4 Å². The standard InChI is InChI=1S/C19H19Cl3N4O2S/c20-16-6-2-1-5-15(16)13-24-11-9-19(14-23,10-12-24)25(26(22)29(27)28)18-8-4-3-7-17(18)21/h1-8H,9-13H2,(H,27,28)/p-1. The van der Waals surface area contributed by atoms with E-state index in [-0.39, 0.29) is 0 Å². The maximum absolute atomic E-state index is 11.6. The van der Waals surface area contributed by atoms with E-state index in [2.05, 4.69) is 11.0 Å². The van der Waals surface area contributed by atoms with Gasteiger partial charge in [0.1, 0.15) is 5.54 Å². The predicted molar refractivity (Wildman–Crippen MR) is 115 cm³/mol. The number of para-hydroxylation sites is 1. The number of benzene rings is 2. The number of hydrazine groups is 1. The SMILES string of the molecule is N#CC1(N(c2ccccc2Cl)N(Cl)S(=O)[O-])CCN(Cc2ccccc2Cl)CC1. The molecule has 0 saturated carbocycles. The quantitative estimate of drug-likeness (QED) is 0.351. The van der Waals surface area contributed by atoms with Crippen molar-refractivity contribution in [1.29, 1.82) is 5.26 Å². The van der Waals surface area contributed by atoms with Gasteiger partial charge in [0.15, 0.2) is 0 Å². The van der Waals surface area contributed by atoms with Crippen LogP contribution in [0.2, 0.25) is 10.0 Å². The van der Waals surface area contributed by atoms with E-state index in [1.807, 2.05) is 24.3 Å². The van der Waals surface area contributed by atoms with Crippen molar-refractivity contribution in [2.45, 2.75) is 24.9 Å². The maximum Gasteiger partial charge on any atom is 0.147 e. The van der Waals surface area contributed by atoms with Crippen molar-refractivity contribution in [3.63, 3.8) is 0 Å². The first kappa shape index (κ1) is 22.3. The van der Waals surface area contributed by atoms with Gasteiger partial charge in [-0.2, -0.15) is 5.26 Å². The molecule has 1 atom stereocenters. The summed E-state index contributed by atoms with van der Waals surface area (Å²) >= 11 is 15.8. The fourth-order valence-corrected chi connectivity index (χ4v) is 4.49. The molecule has 1 fully saturated rings. The molecule has 1 aliphatic heterocycles. The van der Waals surface area contributed by atoms with Gasteiger partial charge >= 0.3 is 0 Å². The van der Waals surface area contributed by atoms with Crippen LogP contribution in [-0.2, 0) is 17.8 Å². The topological polar surface area (TPSA) is 73.6 Å². The summed E-state index contributed by atoms with van der Waals surface area (Å²) in [5, 5.41) is 12.3. The van der Waals surface area contributed by atoms with E-state index in [4.69, 9.17) is 35.0 Å². The third-order valence-corrected chi connectivity index (χ3v) is 6.60. The van der Waals surface area contributed by atoms with Crippen LogP contribution >= 0.6 is 35.0 Å². The van der Waals surface area contributed by atoms with Crippen molar-refractivity contribution in [3.8, 4) is 6.07 Å². The Hall–Kier alpha value is -1.37. The molecule has 1 heterocycles. The summed E-state index contributed by atoms with van der Waals surface area (Å²) in [6.07, 6.45) is 0.749. The van der Waals surface area contributed by atoms with Crippen LogP contribution in [-0.4, -0.2) is 36.2 Å². The number of hydrogen-bond acceptors (Lipinski definition) is 5. The van der Waals surface area contributed by atoms with Crippen molar-refractivity contribution in [2.75, 3.05) is 18.1 Å². The Bertz CT molecular complexity index is 932. The number of likely N-dealkylation sites (tertiary alicyclic amines) is 1. The van der Waals surface area contributed by atoms with Gasteiger partial charge < -0.3 is 4.55 Å². The Balaban J connectivity index is 1.86. The molecule has 10 heteroatoms. The molecule has 0 bridgehead atoms. The Kier molecular flexibility index (Phi) is 7.41. The number of hydrogen-bond donors (Lipinski definition) is 0. The van der Waals surface area contributed by atoms with Gasteiger partial charge in [-0.3, -0.25) is 14.1 Å². The summed E-state index contributed by atoms with van der Waals surface area (Å²) in [6.45, 7) is 1.78. The highest BCUT2D eigenvalue weighted by Gasteiger charge is 2.44. The minimum Gasteiger partial charge on any atom is -0.757 e. The fourth-order valence-electron chi connectivity index (χ4n) is 3.48. The number of halogens is 3. The minimum absolute atomic E-state index is 0.303. The zero-order chi connectivity index (χ0) is 21.0. The molecule has 0 aromatic heterocycles. The van der Waals surface area contributed by atoms with Crippen molar-refractivity contribution in [2.24, 2.45) is 0 Å². The fraction of sp³-hybridized carbons (Fsp3) is 0.316. The van der Waals surface area contributed by atoms with Gasteiger partial charge in [-0.15, -0.1) is 0 Å². The Morgan fingerprint density at radius 3 is 2.24 bits per heavy atom. The number of rotatable bonds is 6.